The molecule has 0 aliphatic heterocycles. The molecule has 3 rings (SSSR count). The minimum atomic E-state index is -0.990. The van der Waals surface area contributed by atoms with Crippen molar-refractivity contribution in [1.29, 1.82) is 0 Å². The van der Waals surface area contributed by atoms with Crippen molar-refractivity contribution in [2.75, 3.05) is 6.61 Å². The maximum atomic E-state index is 12.1. The summed E-state index contributed by atoms with van der Waals surface area (Å²) in [5.74, 6) is 0.503. The van der Waals surface area contributed by atoms with E-state index in [9.17, 15) is 14.7 Å². The second kappa shape index (κ2) is 12.4. The van der Waals surface area contributed by atoms with Crippen LogP contribution < -0.4 is 4.74 Å². The molecule has 2 aliphatic rings. The molecular weight excluding hydrogens is 436 g/mol. The first-order chi connectivity index (χ1) is 16.3. The van der Waals surface area contributed by atoms with Crippen molar-refractivity contribution in [1.82, 2.24) is 0 Å². The number of carbonyl (C=O) groups is 2. The van der Waals surface area contributed by atoms with E-state index in [4.69, 9.17) is 19.3 Å². The van der Waals surface area contributed by atoms with E-state index in [1.54, 1.807) is 13.8 Å². The number of hydrogen-bond acceptors (Lipinski definition) is 6. The first kappa shape index (κ1) is 26.3. The number of unbranched alkanes of at least 4 members (excludes halogenated alkanes) is 2. The summed E-state index contributed by atoms with van der Waals surface area (Å²) in [5, 5.41) is 19.9. The van der Waals surface area contributed by atoms with Crippen molar-refractivity contribution >= 4 is 12.1 Å². The molecule has 2 N–H and O–H groups in total. The van der Waals surface area contributed by atoms with Crippen LogP contribution in [0.4, 0.5) is 4.79 Å². The highest BCUT2D eigenvalue weighted by Gasteiger charge is 2.45. The van der Waals surface area contributed by atoms with Crippen LogP contribution >= 0.6 is 0 Å². The molecule has 1 fully saturated rings. The van der Waals surface area contributed by atoms with E-state index >= 15 is 0 Å². The number of carboxylic acids is 1. The normalized spacial score (nSPS) is 24.3. The average molecular weight is 477 g/mol. The molecule has 1 aromatic carbocycles. The van der Waals surface area contributed by atoms with Gasteiger partial charge in [-0.2, -0.15) is 0 Å². The number of ether oxygens (including phenoxy) is 3. The zero-order valence-electron chi connectivity index (χ0n) is 20.7. The summed E-state index contributed by atoms with van der Waals surface area (Å²) in [7, 11) is 0. The standard InChI is InChI=1S/C27H40O7/c1-4-5-6-9-20(34-27(31)33-17(2)3)11-12-21-22-13-18-8-7-10-25(32-16-26(29)30)23(18)14-19(22)15-24(21)28/h7-8,10,17,19-22,24,28H,4-6,9,11-16H2,1-3H3,(H,29,30)/t19-,20-,21+,22-,24+/m0/s1. The molecule has 7 heteroatoms. The molecule has 0 saturated heterocycles. The number of hydrogen-bond donors (Lipinski definition) is 2. The Balaban J connectivity index is 1.64. The van der Waals surface area contributed by atoms with Crippen LogP contribution in [-0.2, 0) is 27.1 Å². The van der Waals surface area contributed by atoms with Crippen LogP contribution in [-0.4, -0.2) is 47.3 Å². The van der Waals surface area contributed by atoms with Crippen LogP contribution in [0.5, 0.6) is 5.75 Å². The Morgan fingerprint density at radius 2 is 1.91 bits per heavy atom. The number of fused-ring (bicyclic) bond motifs is 2. The predicted molar refractivity (Wildman–Crippen MR) is 128 cm³/mol. The molecule has 0 radical (unpaired) electrons. The minimum absolute atomic E-state index is 0.153. The lowest BCUT2D eigenvalue weighted by molar-refractivity contribution is -0.139. The molecule has 34 heavy (non-hydrogen) atoms. The molecule has 0 amide bonds. The Labute approximate surface area is 202 Å². The highest BCUT2D eigenvalue weighted by atomic mass is 16.7. The maximum absolute atomic E-state index is 12.1. The topological polar surface area (TPSA) is 102 Å². The lowest BCUT2D eigenvalue weighted by Gasteiger charge is -2.32. The molecule has 1 saturated carbocycles. The number of aliphatic carboxylic acids is 1. The van der Waals surface area contributed by atoms with E-state index in [2.05, 4.69) is 13.0 Å². The van der Waals surface area contributed by atoms with Crippen molar-refractivity contribution in [2.45, 2.75) is 96.9 Å². The molecule has 2 aliphatic carbocycles. The molecule has 0 aromatic heterocycles. The van der Waals surface area contributed by atoms with Crippen molar-refractivity contribution in [2.24, 2.45) is 17.8 Å². The van der Waals surface area contributed by atoms with Gasteiger partial charge in [0, 0.05) is 0 Å². The maximum Gasteiger partial charge on any atom is 0.508 e. The van der Waals surface area contributed by atoms with Gasteiger partial charge in [0.15, 0.2) is 6.61 Å². The summed E-state index contributed by atoms with van der Waals surface area (Å²) >= 11 is 0. The van der Waals surface area contributed by atoms with Crippen LogP contribution in [0.15, 0.2) is 18.2 Å². The van der Waals surface area contributed by atoms with Crippen LogP contribution in [0, 0.1) is 17.8 Å². The molecular formula is C27H40O7. The van der Waals surface area contributed by atoms with E-state index in [1.165, 1.54) is 5.56 Å². The Bertz CT molecular complexity index is 821. The number of carboxylic acid groups (broad SMARTS) is 1. The van der Waals surface area contributed by atoms with E-state index in [1.807, 2.05) is 12.1 Å². The zero-order valence-corrected chi connectivity index (χ0v) is 20.7. The Morgan fingerprint density at radius 3 is 2.62 bits per heavy atom. The van der Waals surface area contributed by atoms with Gasteiger partial charge < -0.3 is 24.4 Å². The summed E-state index contributed by atoms with van der Waals surface area (Å²) < 4.78 is 16.4. The molecule has 1 aromatic rings. The van der Waals surface area contributed by atoms with Gasteiger partial charge in [0.2, 0.25) is 0 Å². The fraction of sp³-hybridized carbons (Fsp3) is 0.704. The summed E-state index contributed by atoms with van der Waals surface area (Å²) in [6, 6.07) is 5.83. The van der Waals surface area contributed by atoms with Crippen molar-refractivity contribution in [3.8, 4) is 5.75 Å². The molecule has 7 nitrogen and oxygen atoms in total. The molecule has 0 bridgehead atoms. The third-order valence-corrected chi connectivity index (χ3v) is 7.24. The van der Waals surface area contributed by atoms with Crippen LogP contribution in [0.25, 0.3) is 0 Å². The average Bonchev–Trinajstić information content (AvgIpc) is 3.07. The number of carbonyl (C=O) groups excluding carboxylic acids is 1. The molecule has 0 unspecified atom stereocenters. The fourth-order valence-electron chi connectivity index (χ4n) is 5.70. The number of aliphatic hydroxyl groups is 1. The minimum Gasteiger partial charge on any atom is -0.482 e. The van der Waals surface area contributed by atoms with Gasteiger partial charge in [0.25, 0.3) is 0 Å². The van der Waals surface area contributed by atoms with Gasteiger partial charge >= 0.3 is 12.1 Å². The van der Waals surface area contributed by atoms with Gasteiger partial charge in [-0.1, -0.05) is 31.9 Å². The van der Waals surface area contributed by atoms with Gasteiger partial charge in [0.1, 0.15) is 11.9 Å². The molecule has 0 spiro atoms. The zero-order chi connectivity index (χ0) is 24.7. The van der Waals surface area contributed by atoms with Gasteiger partial charge in [-0.3, -0.25) is 0 Å². The number of aliphatic hydroxyl groups excluding tert-OH is 1. The van der Waals surface area contributed by atoms with Crippen LogP contribution in [0.2, 0.25) is 0 Å². The predicted octanol–water partition coefficient (Wildman–Crippen LogP) is 5.15. The lowest BCUT2D eigenvalue weighted by Crippen LogP contribution is -2.29. The van der Waals surface area contributed by atoms with Gasteiger partial charge in [-0.25, -0.2) is 9.59 Å². The van der Waals surface area contributed by atoms with E-state index < -0.39 is 12.1 Å². The number of benzene rings is 1. The van der Waals surface area contributed by atoms with Crippen molar-refractivity contribution < 1.29 is 34.0 Å². The fourth-order valence-corrected chi connectivity index (χ4v) is 5.70. The SMILES string of the molecule is CCCCC[C@@H](CC[C@@H]1[C@H]2Cc3cccc(OCC(=O)O)c3C[C@H]2C[C@H]1O)OC(=O)OC(C)C. The summed E-state index contributed by atoms with van der Waals surface area (Å²) in [4.78, 5) is 23.0. The summed E-state index contributed by atoms with van der Waals surface area (Å²) in [6.07, 6.45) is 6.51. The Hall–Kier alpha value is -2.28. The third kappa shape index (κ3) is 7.11. The van der Waals surface area contributed by atoms with Crippen LogP contribution in [0.1, 0.15) is 76.8 Å². The summed E-state index contributed by atoms with van der Waals surface area (Å²) in [5.41, 5.74) is 2.26. The lowest BCUT2D eigenvalue weighted by atomic mass is 9.73. The Kier molecular flexibility index (Phi) is 9.63. The highest BCUT2D eigenvalue weighted by molar-refractivity contribution is 5.68. The molecule has 5 atom stereocenters. The third-order valence-electron chi connectivity index (χ3n) is 7.24. The quantitative estimate of drug-likeness (QED) is 0.318. The largest absolute Gasteiger partial charge is 0.508 e. The summed E-state index contributed by atoms with van der Waals surface area (Å²) in [6.45, 7) is 5.41. The van der Waals surface area contributed by atoms with E-state index in [-0.39, 0.29) is 30.8 Å². The van der Waals surface area contributed by atoms with Gasteiger partial charge in [-0.05, 0) is 93.7 Å². The van der Waals surface area contributed by atoms with E-state index in [0.29, 0.717) is 17.6 Å². The van der Waals surface area contributed by atoms with Gasteiger partial charge in [-0.15, -0.1) is 0 Å². The monoisotopic (exact) mass is 476 g/mol. The Morgan fingerprint density at radius 1 is 1.12 bits per heavy atom. The van der Waals surface area contributed by atoms with Crippen LogP contribution in [0.3, 0.4) is 0 Å². The smallest absolute Gasteiger partial charge is 0.482 e. The second-order valence-electron chi connectivity index (χ2n) is 10.1. The van der Waals surface area contributed by atoms with Gasteiger partial charge in [0.05, 0.1) is 12.2 Å². The first-order valence-electron chi connectivity index (χ1n) is 12.8. The molecule has 190 valence electrons. The van der Waals surface area contributed by atoms with E-state index in [0.717, 1.165) is 63.4 Å². The molecule has 0 heterocycles. The highest BCUT2D eigenvalue weighted by Crippen LogP contribution is 2.48. The second-order valence-corrected chi connectivity index (χ2v) is 10.1. The van der Waals surface area contributed by atoms with Crippen molar-refractivity contribution in [3.05, 3.63) is 29.3 Å². The first-order valence-corrected chi connectivity index (χ1v) is 12.8. The number of rotatable bonds is 12. The van der Waals surface area contributed by atoms with Crippen molar-refractivity contribution in [3.63, 3.8) is 0 Å².